The van der Waals surface area contributed by atoms with E-state index in [0.717, 1.165) is 5.56 Å². The molecule has 0 aliphatic carbocycles. The molecule has 0 aromatic heterocycles. The van der Waals surface area contributed by atoms with Crippen molar-refractivity contribution in [1.82, 2.24) is 4.90 Å². The molecule has 0 radical (unpaired) electrons. The summed E-state index contributed by atoms with van der Waals surface area (Å²) in [5.41, 5.74) is 0.873. The number of carbonyl (C=O) groups excluding carboxylic acids is 1. The predicted octanol–water partition coefficient (Wildman–Crippen LogP) is 4.11. The first-order valence-corrected chi connectivity index (χ1v) is 11.1. The van der Waals surface area contributed by atoms with Crippen LogP contribution in [0.3, 0.4) is 0 Å². The molecule has 0 N–H and O–H groups in total. The van der Waals surface area contributed by atoms with Crippen LogP contribution in [0.15, 0.2) is 91.0 Å². The fraction of sp³-hybridized carbons (Fsp3) is 0.174. The van der Waals surface area contributed by atoms with Gasteiger partial charge in [0.2, 0.25) is 0 Å². The summed E-state index contributed by atoms with van der Waals surface area (Å²) in [6.07, 6.45) is 0. The van der Waals surface area contributed by atoms with Crippen molar-refractivity contribution in [3.8, 4) is 0 Å². The van der Waals surface area contributed by atoms with Crippen molar-refractivity contribution in [1.29, 1.82) is 0 Å². The molecule has 0 aliphatic rings. The van der Waals surface area contributed by atoms with Crippen molar-refractivity contribution >= 4 is 23.8 Å². The van der Waals surface area contributed by atoms with Crippen LogP contribution < -0.4 is 10.6 Å². The van der Waals surface area contributed by atoms with Gasteiger partial charge in [0, 0.05) is 19.7 Å². The Balaban J connectivity index is 2.28. The van der Waals surface area contributed by atoms with E-state index in [0.29, 0.717) is 0 Å². The van der Waals surface area contributed by atoms with E-state index in [-0.39, 0.29) is 11.6 Å². The van der Waals surface area contributed by atoms with E-state index in [1.807, 2.05) is 44.4 Å². The lowest BCUT2D eigenvalue weighted by Crippen LogP contribution is -2.36. The fourth-order valence-electron chi connectivity index (χ4n) is 3.46. The van der Waals surface area contributed by atoms with Gasteiger partial charge >= 0.3 is 0 Å². The maximum absolute atomic E-state index is 13.4. The van der Waals surface area contributed by atoms with E-state index in [1.54, 1.807) is 4.90 Å². The number of carbonyl (C=O) groups is 1. The van der Waals surface area contributed by atoms with Gasteiger partial charge in [0.05, 0.1) is 13.9 Å². The van der Waals surface area contributed by atoms with E-state index in [9.17, 15) is 4.79 Å². The average Bonchev–Trinajstić information content (AvgIpc) is 2.70. The minimum atomic E-state index is -2.01. The monoisotopic (exact) mass is 362 g/mol. The quantitative estimate of drug-likeness (QED) is 0.626. The van der Waals surface area contributed by atoms with Gasteiger partial charge in [0.25, 0.3) is 5.91 Å². The normalized spacial score (nSPS) is 12.4. The van der Waals surface area contributed by atoms with E-state index in [2.05, 4.69) is 67.3 Å². The molecule has 3 aromatic carbocycles. The molecule has 0 unspecified atom stereocenters. The summed E-state index contributed by atoms with van der Waals surface area (Å²) in [4.78, 5) is 15.1. The Morgan fingerprint density at radius 1 is 0.731 bits per heavy atom. The van der Waals surface area contributed by atoms with E-state index < -0.39 is 7.26 Å². The smallest absolute Gasteiger partial charge is 0.268 e. The van der Waals surface area contributed by atoms with Gasteiger partial charge in [-0.2, -0.15) is 0 Å². The lowest BCUT2D eigenvalue weighted by atomic mass is 10.1. The Hall–Kier alpha value is -2.44. The number of hydrogen-bond acceptors (Lipinski definition) is 1. The second-order valence-electron chi connectivity index (χ2n) is 6.79. The third-order valence-electron chi connectivity index (χ3n) is 4.89. The van der Waals surface area contributed by atoms with Crippen molar-refractivity contribution in [2.75, 3.05) is 20.8 Å². The van der Waals surface area contributed by atoms with Gasteiger partial charge in [-0.1, -0.05) is 66.7 Å². The van der Waals surface area contributed by atoms with E-state index >= 15 is 0 Å². The van der Waals surface area contributed by atoms with Crippen LogP contribution in [-0.2, 0) is 4.79 Å². The molecule has 0 bridgehead atoms. The fourth-order valence-corrected chi connectivity index (χ4v) is 7.38. The van der Waals surface area contributed by atoms with Crippen LogP contribution in [0.2, 0.25) is 0 Å². The molecule has 132 valence electrons. The Labute approximate surface area is 156 Å². The Morgan fingerprint density at radius 2 is 1.12 bits per heavy atom. The zero-order chi connectivity index (χ0) is 18.6. The lowest BCUT2D eigenvalue weighted by molar-refractivity contribution is -0.128. The molecular weight excluding hydrogens is 337 g/mol. The number of benzene rings is 3. The van der Waals surface area contributed by atoms with Gasteiger partial charge < -0.3 is 4.90 Å². The highest BCUT2D eigenvalue weighted by Gasteiger charge is 2.51. The second kappa shape index (κ2) is 7.85. The highest BCUT2D eigenvalue weighted by Crippen LogP contribution is 2.65. The van der Waals surface area contributed by atoms with Crippen LogP contribution in [-0.4, -0.2) is 31.6 Å². The standard InChI is InChI=1S/C23H25NOP/c1-24(2)23(25)22(19-13-7-4-8-14-19)26(3,20-15-9-5-10-16-20)21-17-11-6-12-18-21/h4-18,22H,1-3H3/q+1/t22-/m0/s1. The zero-order valence-electron chi connectivity index (χ0n) is 15.5. The molecule has 0 fully saturated rings. The number of hydrogen-bond donors (Lipinski definition) is 0. The first-order valence-electron chi connectivity index (χ1n) is 8.78. The van der Waals surface area contributed by atoms with Crippen molar-refractivity contribution in [3.05, 3.63) is 96.6 Å². The molecule has 3 rings (SSSR count). The molecule has 26 heavy (non-hydrogen) atoms. The maximum atomic E-state index is 13.4. The predicted molar refractivity (Wildman–Crippen MR) is 113 cm³/mol. The topological polar surface area (TPSA) is 20.3 Å². The molecule has 1 amide bonds. The average molecular weight is 362 g/mol. The first kappa shape index (κ1) is 18.4. The summed E-state index contributed by atoms with van der Waals surface area (Å²) in [5, 5.41) is 2.49. The summed E-state index contributed by atoms with van der Waals surface area (Å²) >= 11 is 0. The van der Waals surface area contributed by atoms with Crippen LogP contribution in [0.5, 0.6) is 0 Å². The summed E-state index contributed by atoms with van der Waals surface area (Å²) in [7, 11) is 1.68. The molecule has 2 nitrogen and oxygen atoms in total. The number of likely N-dealkylation sites (N-methyl/N-ethyl adjacent to an activating group) is 1. The summed E-state index contributed by atoms with van der Waals surface area (Å²) in [5.74, 6) is 0.153. The Morgan fingerprint density at radius 3 is 1.50 bits per heavy atom. The van der Waals surface area contributed by atoms with Gasteiger partial charge in [-0.3, -0.25) is 4.79 Å². The van der Waals surface area contributed by atoms with Gasteiger partial charge in [0.1, 0.15) is 10.6 Å². The Bertz CT molecular complexity index is 808. The summed E-state index contributed by atoms with van der Waals surface area (Å²) in [6.45, 7) is 2.29. The first-order chi connectivity index (χ1) is 12.5. The van der Waals surface area contributed by atoms with Crippen molar-refractivity contribution in [3.63, 3.8) is 0 Å². The number of rotatable bonds is 5. The van der Waals surface area contributed by atoms with Crippen LogP contribution in [0.25, 0.3) is 0 Å². The maximum Gasteiger partial charge on any atom is 0.268 e. The number of amides is 1. The second-order valence-corrected chi connectivity index (χ2v) is 10.5. The molecule has 0 heterocycles. The van der Waals surface area contributed by atoms with Crippen LogP contribution in [0.4, 0.5) is 0 Å². The SMILES string of the molecule is CN(C)C(=O)[C@H](c1ccccc1)[P+](C)(c1ccccc1)c1ccccc1. The third kappa shape index (κ3) is 3.43. The van der Waals surface area contributed by atoms with Crippen molar-refractivity contribution < 1.29 is 4.79 Å². The van der Waals surface area contributed by atoms with Crippen LogP contribution >= 0.6 is 7.26 Å². The largest absolute Gasteiger partial charge is 0.345 e. The molecule has 1 atom stereocenters. The van der Waals surface area contributed by atoms with Crippen LogP contribution in [0.1, 0.15) is 11.2 Å². The third-order valence-corrected chi connectivity index (χ3v) is 9.19. The zero-order valence-corrected chi connectivity index (χ0v) is 16.4. The van der Waals surface area contributed by atoms with Crippen molar-refractivity contribution in [2.45, 2.75) is 5.66 Å². The molecule has 0 saturated carbocycles. The number of nitrogens with zero attached hydrogens (tertiary/aromatic N) is 1. The molecule has 0 saturated heterocycles. The van der Waals surface area contributed by atoms with Crippen LogP contribution in [0, 0.1) is 0 Å². The molecule has 0 aliphatic heterocycles. The minimum absolute atomic E-state index is 0.153. The van der Waals surface area contributed by atoms with Gasteiger partial charge in [-0.25, -0.2) is 0 Å². The van der Waals surface area contributed by atoms with Gasteiger partial charge in [0.15, 0.2) is 5.66 Å². The summed E-state index contributed by atoms with van der Waals surface area (Å²) < 4.78 is 0. The highest BCUT2D eigenvalue weighted by molar-refractivity contribution is 7.89. The summed E-state index contributed by atoms with van der Waals surface area (Å²) in [6, 6.07) is 31.2. The van der Waals surface area contributed by atoms with E-state index in [4.69, 9.17) is 0 Å². The minimum Gasteiger partial charge on any atom is -0.345 e. The van der Waals surface area contributed by atoms with Crippen molar-refractivity contribution in [2.24, 2.45) is 0 Å². The Kier molecular flexibility index (Phi) is 5.54. The molecule has 3 heteroatoms. The molecule has 0 spiro atoms. The molecule has 3 aromatic rings. The highest BCUT2D eigenvalue weighted by atomic mass is 31.2. The van der Waals surface area contributed by atoms with E-state index in [1.165, 1.54) is 10.6 Å². The molecular formula is C23H25NOP+. The van der Waals surface area contributed by atoms with Gasteiger partial charge in [-0.05, 0) is 24.3 Å². The van der Waals surface area contributed by atoms with Gasteiger partial charge in [-0.15, -0.1) is 0 Å². The lowest BCUT2D eigenvalue weighted by Gasteiger charge is -2.32.